The molecule has 0 saturated heterocycles. The van der Waals surface area contributed by atoms with Crippen molar-refractivity contribution in [2.24, 2.45) is 0 Å². The number of nitrogens with zero attached hydrogens (tertiary/aromatic N) is 1. The van der Waals surface area contributed by atoms with E-state index in [-0.39, 0.29) is 24.0 Å². The van der Waals surface area contributed by atoms with Gasteiger partial charge in [0.05, 0.1) is 5.69 Å². The molecule has 0 radical (unpaired) electrons. The molecule has 7 heteroatoms. The van der Waals surface area contributed by atoms with Crippen LogP contribution in [0.4, 0.5) is 10.8 Å². The quantitative estimate of drug-likeness (QED) is 0.530. The number of para-hydroxylation sites is 1. The van der Waals surface area contributed by atoms with Gasteiger partial charge in [0.2, 0.25) is 5.91 Å². The molecule has 6 nitrogen and oxygen atoms in total. The molecular formula is C22H21N3O3S. The first-order valence-corrected chi connectivity index (χ1v) is 10.1. The lowest BCUT2D eigenvalue weighted by Gasteiger charge is -2.03. The van der Waals surface area contributed by atoms with Crippen molar-refractivity contribution in [2.45, 2.75) is 26.2 Å². The Morgan fingerprint density at radius 1 is 0.897 bits per heavy atom. The smallest absolute Gasteiger partial charge is 0.267 e. The van der Waals surface area contributed by atoms with Gasteiger partial charge in [-0.2, -0.15) is 0 Å². The number of nitrogens with one attached hydrogen (secondary N) is 2. The molecule has 29 heavy (non-hydrogen) atoms. The summed E-state index contributed by atoms with van der Waals surface area (Å²) in [6, 6.07) is 18.2. The second kappa shape index (κ2) is 9.75. The van der Waals surface area contributed by atoms with Crippen molar-refractivity contribution in [1.29, 1.82) is 0 Å². The molecule has 0 aliphatic rings. The Kier molecular flexibility index (Phi) is 6.86. The van der Waals surface area contributed by atoms with Gasteiger partial charge in [-0.3, -0.25) is 14.4 Å². The lowest BCUT2D eigenvalue weighted by molar-refractivity contribution is -0.116. The number of hydrogen-bond donors (Lipinski definition) is 2. The molecule has 0 aliphatic heterocycles. The Morgan fingerprint density at radius 3 is 2.24 bits per heavy atom. The fourth-order valence-corrected chi connectivity index (χ4v) is 3.61. The van der Waals surface area contributed by atoms with Gasteiger partial charge in [-0.25, -0.2) is 4.98 Å². The third kappa shape index (κ3) is 5.83. The maximum absolute atomic E-state index is 12.4. The molecule has 1 heterocycles. The average molecular weight is 407 g/mol. The van der Waals surface area contributed by atoms with E-state index >= 15 is 0 Å². The fourth-order valence-electron chi connectivity index (χ4n) is 2.73. The van der Waals surface area contributed by atoms with Crippen molar-refractivity contribution in [3.05, 3.63) is 76.8 Å². The monoisotopic (exact) mass is 407 g/mol. The molecule has 148 valence electrons. The van der Waals surface area contributed by atoms with E-state index in [2.05, 4.69) is 15.6 Å². The van der Waals surface area contributed by atoms with Crippen LogP contribution in [0.25, 0.3) is 0 Å². The van der Waals surface area contributed by atoms with Gasteiger partial charge in [-0.15, -0.1) is 0 Å². The first kappa shape index (κ1) is 20.4. The van der Waals surface area contributed by atoms with Crippen LogP contribution in [0.1, 0.15) is 45.0 Å². The van der Waals surface area contributed by atoms with Crippen LogP contribution in [0.5, 0.6) is 0 Å². The van der Waals surface area contributed by atoms with E-state index < -0.39 is 0 Å². The van der Waals surface area contributed by atoms with Crippen LogP contribution in [0.3, 0.4) is 0 Å². The fraction of sp³-hybridized carbons (Fsp3) is 0.182. The number of ketones is 1. The van der Waals surface area contributed by atoms with Crippen LogP contribution in [0.2, 0.25) is 0 Å². The summed E-state index contributed by atoms with van der Waals surface area (Å²) in [5.41, 5.74) is 1.90. The highest BCUT2D eigenvalue weighted by molar-refractivity contribution is 7.17. The summed E-state index contributed by atoms with van der Waals surface area (Å²) < 4.78 is 0. The minimum Gasteiger partial charge on any atom is -0.321 e. The number of hydrogen-bond acceptors (Lipinski definition) is 5. The van der Waals surface area contributed by atoms with Crippen molar-refractivity contribution in [3.63, 3.8) is 0 Å². The number of aryl methyl sites for hydroxylation is 1. The number of aromatic nitrogens is 1. The lowest BCUT2D eigenvalue weighted by Crippen LogP contribution is -2.12. The summed E-state index contributed by atoms with van der Waals surface area (Å²) in [6.07, 6.45) is 0.965. The topological polar surface area (TPSA) is 88.2 Å². The standard InChI is InChI=1S/C22H21N3O3S/c1-15-20(21(28)24-17-11-6-3-7-12-17)29-22(23-15)25-19(27)14-8-13-18(26)16-9-4-2-5-10-16/h2-7,9-12H,8,13-14H2,1H3,(H,24,28)(H,23,25,27). The Bertz CT molecular complexity index is 1000. The normalized spacial score (nSPS) is 10.4. The first-order valence-electron chi connectivity index (χ1n) is 9.25. The number of thiazole rings is 1. The second-order valence-corrected chi connectivity index (χ2v) is 7.44. The molecule has 0 atom stereocenters. The highest BCUT2D eigenvalue weighted by atomic mass is 32.1. The predicted molar refractivity (Wildman–Crippen MR) is 114 cm³/mol. The minimum absolute atomic E-state index is 0.0170. The van der Waals surface area contributed by atoms with Crippen LogP contribution >= 0.6 is 11.3 Å². The molecule has 1 aromatic heterocycles. The summed E-state index contributed by atoms with van der Waals surface area (Å²) in [4.78, 5) is 41.4. The van der Waals surface area contributed by atoms with Gasteiger partial charge in [0.15, 0.2) is 10.9 Å². The van der Waals surface area contributed by atoms with Gasteiger partial charge in [-0.05, 0) is 25.5 Å². The van der Waals surface area contributed by atoms with Gasteiger partial charge in [-0.1, -0.05) is 59.9 Å². The highest BCUT2D eigenvalue weighted by Gasteiger charge is 2.17. The summed E-state index contributed by atoms with van der Waals surface area (Å²) in [5.74, 6) is -0.474. The molecule has 0 aliphatic carbocycles. The number of carbonyl (C=O) groups is 3. The van der Waals surface area contributed by atoms with Crippen LogP contribution in [0, 0.1) is 6.92 Å². The number of anilines is 2. The molecule has 3 aromatic rings. The molecule has 0 saturated carbocycles. The minimum atomic E-state index is -0.264. The second-order valence-electron chi connectivity index (χ2n) is 6.44. The number of carbonyl (C=O) groups excluding carboxylic acids is 3. The van der Waals surface area contributed by atoms with Crippen molar-refractivity contribution < 1.29 is 14.4 Å². The predicted octanol–water partition coefficient (Wildman–Crippen LogP) is 4.70. The summed E-state index contributed by atoms with van der Waals surface area (Å²) in [6.45, 7) is 1.73. The van der Waals surface area contributed by atoms with Crippen molar-refractivity contribution >= 4 is 39.8 Å². The molecular weight excluding hydrogens is 386 g/mol. The number of benzene rings is 2. The average Bonchev–Trinajstić information content (AvgIpc) is 3.09. The van der Waals surface area contributed by atoms with Crippen LogP contribution < -0.4 is 10.6 Å². The number of amides is 2. The molecule has 3 rings (SSSR count). The van der Waals surface area contributed by atoms with Crippen LogP contribution in [-0.2, 0) is 4.79 Å². The zero-order chi connectivity index (χ0) is 20.6. The van der Waals surface area contributed by atoms with E-state index in [4.69, 9.17) is 0 Å². The Morgan fingerprint density at radius 2 is 1.55 bits per heavy atom. The van der Waals surface area contributed by atoms with Crippen LogP contribution in [0.15, 0.2) is 60.7 Å². The van der Waals surface area contributed by atoms with E-state index in [1.54, 1.807) is 31.2 Å². The summed E-state index contributed by atoms with van der Waals surface area (Å²) in [7, 11) is 0. The van der Waals surface area contributed by atoms with E-state index in [0.29, 0.717) is 39.8 Å². The van der Waals surface area contributed by atoms with E-state index in [9.17, 15) is 14.4 Å². The number of Topliss-reactive ketones (excluding diaryl/α,β-unsaturated/α-hetero) is 1. The maximum atomic E-state index is 12.4. The zero-order valence-electron chi connectivity index (χ0n) is 16.0. The molecule has 2 amide bonds. The zero-order valence-corrected chi connectivity index (χ0v) is 16.8. The molecule has 0 bridgehead atoms. The Hall–Kier alpha value is -3.32. The van der Waals surface area contributed by atoms with Gasteiger partial charge in [0, 0.05) is 24.1 Å². The molecule has 0 fully saturated rings. The van der Waals surface area contributed by atoms with Crippen molar-refractivity contribution in [2.75, 3.05) is 10.6 Å². The van der Waals surface area contributed by atoms with Gasteiger partial charge < -0.3 is 10.6 Å². The molecule has 2 aromatic carbocycles. The Balaban J connectivity index is 1.50. The largest absolute Gasteiger partial charge is 0.321 e. The molecule has 0 spiro atoms. The SMILES string of the molecule is Cc1nc(NC(=O)CCCC(=O)c2ccccc2)sc1C(=O)Nc1ccccc1. The first-order chi connectivity index (χ1) is 14.0. The molecule has 0 unspecified atom stereocenters. The maximum Gasteiger partial charge on any atom is 0.267 e. The van der Waals surface area contributed by atoms with E-state index in [1.165, 1.54) is 0 Å². The van der Waals surface area contributed by atoms with Crippen LogP contribution in [-0.4, -0.2) is 22.6 Å². The summed E-state index contributed by atoms with van der Waals surface area (Å²) >= 11 is 1.13. The van der Waals surface area contributed by atoms with E-state index in [0.717, 1.165) is 11.3 Å². The van der Waals surface area contributed by atoms with Gasteiger partial charge in [0.25, 0.3) is 5.91 Å². The third-order valence-corrected chi connectivity index (χ3v) is 5.26. The number of rotatable bonds is 8. The Labute approximate surface area is 173 Å². The van der Waals surface area contributed by atoms with Gasteiger partial charge >= 0.3 is 0 Å². The van der Waals surface area contributed by atoms with Crippen molar-refractivity contribution in [1.82, 2.24) is 4.98 Å². The van der Waals surface area contributed by atoms with Gasteiger partial charge in [0.1, 0.15) is 4.88 Å². The molecule has 2 N–H and O–H groups in total. The third-order valence-electron chi connectivity index (χ3n) is 4.18. The van der Waals surface area contributed by atoms with E-state index in [1.807, 2.05) is 36.4 Å². The highest BCUT2D eigenvalue weighted by Crippen LogP contribution is 2.24. The summed E-state index contributed by atoms with van der Waals surface area (Å²) in [5, 5.41) is 5.90. The lowest BCUT2D eigenvalue weighted by atomic mass is 10.1. The van der Waals surface area contributed by atoms with Crippen molar-refractivity contribution in [3.8, 4) is 0 Å².